The number of hydrogen-bond donors (Lipinski definition) is 0. The van der Waals surface area contributed by atoms with Gasteiger partial charge in [-0.1, -0.05) is 15.9 Å². The van der Waals surface area contributed by atoms with Crippen molar-refractivity contribution >= 4 is 25.8 Å². The Morgan fingerprint density at radius 3 is 2.68 bits per heavy atom. The zero-order valence-electron chi connectivity index (χ0n) is 10.3. The number of benzene rings is 1. The molecule has 6 heteroatoms. The van der Waals surface area contributed by atoms with E-state index in [-0.39, 0.29) is 23.3 Å². The minimum Gasteiger partial charge on any atom is -0.229 e. The number of halogens is 3. The largest absolute Gasteiger partial charge is 0.229 e. The van der Waals surface area contributed by atoms with Crippen LogP contribution < -0.4 is 0 Å². The molecular weight excluding hydrogens is 338 g/mol. The number of rotatable bonds is 4. The summed E-state index contributed by atoms with van der Waals surface area (Å²) in [6.07, 6.45) is 0.963. The summed E-state index contributed by atoms with van der Waals surface area (Å²) in [5, 5.41) is 0.586. The lowest BCUT2D eigenvalue weighted by Gasteiger charge is -2.20. The summed E-state index contributed by atoms with van der Waals surface area (Å²) in [4.78, 5) is 0. The van der Waals surface area contributed by atoms with Gasteiger partial charge in [0.2, 0.25) is 0 Å². The summed E-state index contributed by atoms with van der Waals surface area (Å²) in [7, 11) is -2.95. The van der Waals surface area contributed by atoms with Crippen molar-refractivity contribution in [2.75, 3.05) is 16.8 Å². The molecule has 0 amide bonds. The molecule has 106 valence electrons. The van der Waals surface area contributed by atoms with Crippen LogP contribution in [0.2, 0.25) is 0 Å². The second-order valence-electron chi connectivity index (χ2n) is 5.02. The van der Waals surface area contributed by atoms with Gasteiger partial charge in [-0.15, -0.1) is 0 Å². The quantitative estimate of drug-likeness (QED) is 0.780. The molecule has 0 spiro atoms. The van der Waals surface area contributed by atoms with Gasteiger partial charge in [-0.25, -0.2) is 17.2 Å². The number of sulfone groups is 1. The maximum absolute atomic E-state index is 13.6. The van der Waals surface area contributed by atoms with Crippen LogP contribution in [-0.2, 0) is 16.3 Å². The zero-order valence-corrected chi connectivity index (χ0v) is 12.7. The molecule has 2 nitrogen and oxygen atoms in total. The molecule has 1 saturated heterocycles. The standard InChI is InChI=1S/C13H15BrF2O2S/c14-7-11(9-3-4-19(17,18)8-9)5-10-6-12(15)1-2-13(10)16/h1-2,6,9,11H,3-5,7-8H2. The van der Waals surface area contributed by atoms with E-state index in [1.807, 2.05) is 0 Å². The van der Waals surface area contributed by atoms with Crippen molar-refractivity contribution in [3.8, 4) is 0 Å². The molecule has 0 bridgehead atoms. The average molecular weight is 353 g/mol. The normalized spacial score (nSPS) is 23.4. The van der Waals surface area contributed by atoms with Crippen LogP contribution >= 0.6 is 15.9 Å². The minimum atomic E-state index is -2.95. The molecule has 0 N–H and O–H groups in total. The lowest BCUT2D eigenvalue weighted by atomic mass is 9.88. The summed E-state index contributed by atoms with van der Waals surface area (Å²) in [6.45, 7) is 0. The summed E-state index contributed by atoms with van der Waals surface area (Å²) < 4.78 is 49.7. The Balaban J connectivity index is 2.13. The van der Waals surface area contributed by atoms with Crippen LogP contribution in [0, 0.1) is 23.5 Å². The third-order valence-corrected chi connectivity index (χ3v) is 6.25. The van der Waals surface area contributed by atoms with E-state index >= 15 is 0 Å². The predicted molar refractivity (Wildman–Crippen MR) is 74.1 cm³/mol. The Morgan fingerprint density at radius 1 is 1.37 bits per heavy atom. The van der Waals surface area contributed by atoms with Crippen LogP contribution in [0.25, 0.3) is 0 Å². The van der Waals surface area contributed by atoms with E-state index in [2.05, 4.69) is 15.9 Å². The molecule has 19 heavy (non-hydrogen) atoms. The van der Waals surface area contributed by atoms with E-state index in [1.165, 1.54) is 6.07 Å². The van der Waals surface area contributed by atoms with Crippen molar-refractivity contribution in [2.24, 2.45) is 11.8 Å². The molecule has 2 rings (SSSR count). The fourth-order valence-electron chi connectivity index (χ4n) is 2.52. The van der Waals surface area contributed by atoms with Gasteiger partial charge in [0.15, 0.2) is 9.84 Å². The van der Waals surface area contributed by atoms with Gasteiger partial charge in [-0.3, -0.25) is 0 Å². The van der Waals surface area contributed by atoms with Gasteiger partial charge >= 0.3 is 0 Å². The van der Waals surface area contributed by atoms with Crippen LogP contribution in [0.1, 0.15) is 12.0 Å². The predicted octanol–water partition coefficient (Wildman–Crippen LogP) is 2.95. The van der Waals surface area contributed by atoms with E-state index < -0.39 is 21.5 Å². The second kappa shape index (κ2) is 5.87. The van der Waals surface area contributed by atoms with Crippen molar-refractivity contribution in [3.63, 3.8) is 0 Å². The topological polar surface area (TPSA) is 34.1 Å². The molecule has 1 aromatic rings. The van der Waals surface area contributed by atoms with Gasteiger partial charge in [0.1, 0.15) is 11.6 Å². The Hall–Kier alpha value is -0.490. The highest BCUT2D eigenvalue weighted by Crippen LogP contribution is 2.30. The maximum Gasteiger partial charge on any atom is 0.150 e. The summed E-state index contributed by atoms with van der Waals surface area (Å²) in [5.41, 5.74) is 0.314. The molecule has 0 aliphatic carbocycles. The van der Waals surface area contributed by atoms with Gasteiger partial charge < -0.3 is 0 Å². The SMILES string of the molecule is O=S1(=O)CCC(C(CBr)Cc2cc(F)ccc2F)C1. The molecule has 1 fully saturated rings. The molecule has 0 aromatic heterocycles. The fourth-order valence-corrected chi connectivity index (χ4v) is 5.20. The first-order valence-corrected chi connectivity index (χ1v) is 9.06. The number of hydrogen-bond acceptors (Lipinski definition) is 2. The minimum absolute atomic E-state index is 0.00794. The van der Waals surface area contributed by atoms with E-state index in [0.717, 1.165) is 12.1 Å². The Morgan fingerprint density at radius 2 is 2.11 bits per heavy atom. The average Bonchev–Trinajstić information content (AvgIpc) is 2.70. The van der Waals surface area contributed by atoms with Crippen molar-refractivity contribution in [1.82, 2.24) is 0 Å². The third kappa shape index (κ3) is 3.75. The van der Waals surface area contributed by atoms with Gasteiger partial charge in [0.05, 0.1) is 11.5 Å². The fraction of sp³-hybridized carbons (Fsp3) is 0.538. The van der Waals surface area contributed by atoms with Crippen LogP contribution in [0.4, 0.5) is 8.78 Å². The highest BCUT2D eigenvalue weighted by molar-refractivity contribution is 9.09. The molecular formula is C13H15BrF2O2S. The summed E-state index contributed by atoms with van der Waals surface area (Å²) in [6, 6.07) is 3.39. The lowest BCUT2D eigenvalue weighted by molar-refractivity contribution is 0.395. The van der Waals surface area contributed by atoms with Crippen molar-refractivity contribution in [2.45, 2.75) is 12.8 Å². The third-order valence-electron chi connectivity index (χ3n) is 3.62. The zero-order chi connectivity index (χ0) is 14.0. The van der Waals surface area contributed by atoms with Gasteiger partial charge in [0, 0.05) is 5.33 Å². The highest BCUT2D eigenvalue weighted by atomic mass is 79.9. The summed E-state index contributed by atoms with van der Waals surface area (Å²) in [5.74, 6) is -0.523. The lowest BCUT2D eigenvalue weighted by Crippen LogP contribution is -2.20. The second-order valence-corrected chi connectivity index (χ2v) is 7.89. The van der Waals surface area contributed by atoms with Crippen molar-refractivity contribution in [1.29, 1.82) is 0 Å². The van der Waals surface area contributed by atoms with Crippen LogP contribution in [0.15, 0.2) is 18.2 Å². The molecule has 1 heterocycles. The molecule has 1 aliphatic rings. The highest BCUT2D eigenvalue weighted by Gasteiger charge is 2.33. The van der Waals surface area contributed by atoms with E-state index in [4.69, 9.17) is 0 Å². The summed E-state index contributed by atoms with van der Waals surface area (Å²) >= 11 is 3.35. The van der Waals surface area contributed by atoms with Crippen LogP contribution in [-0.4, -0.2) is 25.3 Å². The van der Waals surface area contributed by atoms with Crippen LogP contribution in [0.3, 0.4) is 0 Å². The monoisotopic (exact) mass is 352 g/mol. The Kier molecular flexibility index (Phi) is 4.61. The molecule has 0 saturated carbocycles. The van der Waals surface area contributed by atoms with Gasteiger partial charge in [-0.05, 0) is 48.4 Å². The molecule has 2 atom stereocenters. The van der Waals surface area contributed by atoms with Gasteiger partial charge in [0.25, 0.3) is 0 Å². The number of alkyl halides is 1. The smallest absolute Gasteiger partial charge is 0.150 e. The Labute approximate surface area is 120 Å². The first kappa shape index (κ1) is 14.9. The van der Waals surface area contributed by atoms with E-state index in [1.54, 1.807) is 0 Å². The Bertz CT molecular complexity index is 560. The van der Waals surface area contributed by atoms with Gasteiger partial charge in [-0.2, -0.15) is 0 Å². The first-order valence-electron chi connectivity index (χ1n) is 6.11. The van der Waals surface area contributed by atoms with Crippen LogP contribution in [0.5, 0.6) is 0 Å². The first-order chi connectivity index (χ1) is 8.91. The van der Waals surface area contributed by atoms with Crippen molar-refractivity contribution < 1.29 is 17.2 Å². The van der Waals surface area contributed by atoms with Crippen molar-refractivity contribution in [3.05, 3.63) is 35.4 Å². The van der Waals surface area contributed by atoms with E-state index in [0.29, 0.717) is 23.7 Å². The molecule has 1 aliphatic heterocycles. The maximum atomic E-state index is 13.6. The molecule has 2 unspecified atom stereocenters. The molecule has 0 radical (unpaired) electrons. The van der Waals surface area contributed by atoms with E-state index in [9.17, 15) is 17.2 Å². The molecule has 1 aromatic carbocycles.